The number of Topliss-reactive ketones (excluding diaryl/α,β-unsaturated/α-hetero) is 1. The van der Waals surface area contributed by atoms with Crippen LogP contribution < -0.4 is 4.72 Å². The Hall–Kier alpha value is -1.99. The van der Waals surface area contributed by atoms with Gasteiger partial charge in [-0.15, -0.1) is 0 Å². The number of carbonyl (C=O) groups is 1. The average Bonchev–Trinajstić information content (AvgIpc) is 2.44. The lowest BCUT2D eigenvalue weighted by atomic mass is 9.75. The molecule has 1 heterocycles. The second kappa shape index (κ2) is 6.07. The molecule has 0 bridgehead atoms. The van der Waals surface area contributed by atoms with Crippen LogP contribution >= 0.6 is 11.6 Å². The molecule has 1 aromatic carbocycles. The van der Waals surface area contributed by atoms with Gasteiger partial charge in [-0.3, -0.25) is 4.79 Å². The number of hydrogen-bond donors (Lipinski definition) is 1. The number of aromatic nitrogens is 2. The summed E-state index contributed by atoms with van der Waals surface area (Å²) in [5.41, 5.74) is 1.37. The van der Waals surface area contributed by atoms with Gasteiger partial charge in [0.25, 0.3) is 10.0 Å². The summed E-state index contributed by atoms with van der Waals surface area (Å²) in [5.74, 6) is -0.0347. The topological polar surface area (TPSA) is 89.0 Å². The van der Waals surface area contributed by atoms with Gasteiger partial charge in [0.1, 0.15) is 0 Å². The third kappa shape index (κ3) is 3.67. The normalized spacial score (nSPS) is 16.4. The first-order valence-corrected chi connectivity index (χ1v) is 9.63. The molecule has 2 aromatic rings. The highest BCUT2D eigenvalue weighted by atomic mass is 35.5. The van der Waals surface area contributed by atoms with Gasteiger partial charge in [0.15, 0.2) is 5.78 Å². The largest absolute Gasteiger partial charge is 0.294 e. The first-order valence-electron chi connectivity index (χ1n) is 7.76. The molecular formula is C17H18ClN3O3S. The van der Waals surface area contributed by atoms with E-state index in [2.05, 4.69) is 14.7 Å². The van der Waals surface area contributed by atoms with Crippen LogP contribution in [0.3, 0.4) is 0 Å². The van der Waals surface area contributed by atoms with Crippen LogP contribution in [0.4, 0.5) is 5.95 Å². The quantitative estimate of drug-likeness (QED) is 0.882. The SMILES string of the molecule is Cc1nc(NS(=O)(=O)c2ccc(Cl)cc2)nc2c1C(=O)CC(C)(C)C2. The van der Waals surface area contributed by atoms with Crippen molar-refractivity contribution in [3.8, 4) is 0 Å². The van der Waals surface area contributed by atoms with E-state index in [1.54, 1.807) is 6.92 Å². The first kappa shape index (κ1) is 17.8. The van der Waals surface area contributed by atoms with Crippen molar-refractivity contribution in [3.63, 3.8) is 0 Å². The molecule has 0 radical (unpaired) electrons. The maximum Gasteiger partial charge on any atom is 0.264 e. The number of anilines is 1. The third-order valence-electron chi connectivity index (χ3n) is 4.08. The van der Waals surface area contributed by atoms with E-state index in [0.29, 0.717) is 34.8 Å². The fraction of sp³-hybridized carbons (Fsp3) is 0.353. The van der Waals surface area contributed by atoms with Crippen molar-refractivity contribution in [1.82, 2.24) is 9.97 Å². The minimum atomic E-state index is -3.83. The standard InChI is InChI=1S/C17H18ClN3O3S/c1-10-15-13(8-17(2,3)9-14(15)22)20-16(19-10)21-25(23,24)12-6-4-11(18)5-7-12/h4-7H,8-9H2,1-3H3,(H,19,20,21). The van der Waals surface area contributed by atoms with Gasteiger partial charge in [0, 0.05) is 11.4 Å². The Morgan fingerprint density at radius 2 is 1.76 bits per heavy atom. The number of nitrogens with zero attached hydrogens (tertiary/aromatic N) is 2. The van der Waals surface area contributed by atoms with Crippen LogP contribution in [-0.4, -0.2) is 24.2 Å². The lowest BCUT2D eigenvalue weighted by Gasteiger charge is -2.30. The molecular weight excluding hydrogens is 362 g/mol. The second-order valence-electron chi connectivity index (χ2n) is 6.95. The molecule has 0 saturated carbocycles. The Morgan fingerprint density at radius 1 is 1.12 bits per heavy atom. The molecule has 0 fully saturated rings. The Balaban J connectivity index is 1.98. The van der Waals surface area contributed by atoms with E-state index in [1.165, 1.54) is 24.3 Å². The van der Waals surface area contributed by atoms with Crippen LogP contribution in [0.1, 0.15) is 42.0 Å². The van der Waals surface area contributed by atoms with Crippen molar-refractivity contribution in [2.45, 2.75) is 38.5 Å². The molecule has 0 aliphatic heterocycles. The molecule has 0 atom stereocenters. The predicted octanol–water partition coefficient (Wildman–Crippen LogP) is 3.39. The summed E-state index contributed by atoms with van der Waals surface area (Å²) >= 11 is 5.79. The number of benzene rings is 1. The van der Waals surface area contributed by atoms with Gasteiger partial charge in [0.2, 0.25) is 5.95 Å². The van der Waals surface area contributed by atoms with E-state index in [9.17, 15) is 13.2 Å². The average molecular weight is 380 g/mol. The third-order valence-corrected chi connectivity index (χ3v) is 5.67. The number of ketones is 1. The van der Waals surface area contributed by atoms with Crippen LogP contribution in [0.15, 0.2) is 29.2 Å². The Bertz CT molecular complexity index is 954. The van der Waals surface area contributed by atoms with E-state index < -0.39 is 10.0 Å². The molecule has 1 aliphatic rings. The number of fused-ring (bicyclic) bond motifs is 1. The molecule has 1 aromatic heterocycles. The summed E-state index contributed by atoms with van der Waals surface area (Å²) in [6.45, 7) is 5.67. The zero-order valence-electron chi connectivity index (χ0n) is 14.1. The summed E-state index contributed by atoms with van der Waals surface area (Å²) < 4.78 is 27.3. The van der Waals surface area contributed by atoms with Crippen LogP contribution in [0, 0.1) is 12.3 Å². The Labute approximate surface area is 151 Å². The summed E-state index contributed by atoms with van der Waals surface area (Å²) in [4.78, 5) is 20.9. The zero-order chi connectivity index (χ0) is 18.4. The zero-order valence-corrected chi connectivity index (χ0v) is 15.7. The monoisotopic (exact) mass is 379 g/mol. The van der Waals surface area contributed by atoms with E-state index in [1.807, 2.05) is 13.8 Å². The van der Waals surface area contributed by atoms with Gasteiger partial charge in [-0.05, 0) is 43.0 Å². The number of halogens is 1. The van der Waals surface area contributed by atoms with Crippen molar-refractivity contribution >= 4 is 33.4 Å². The molecule has 1 aliphatic carbocycles. The molecule has 3 rings (SSSR count). The highest BCUT2D eigenvalue weighted by molar-refractivity contribution is 7.92. The van der Waals surface area contributed by atoms with Crippen LogP contribution in [0.25, 0.3) is 0 Å². The lowest BCUT2D eigenvalue weighted by molar-refractivity contribution is 0.0909. The molecule has 25 heavy (non-hydrogen) atoms. The predicted molar refractivity (Wildman–Crippen MR) is 95.5 cm³/mol. The van der Waals surface area contributed by atoms with Gasteiger partial charge in [-0.2, -0.15) is 0 Å². The second-order valence-corrected chi connectivity index (χ2v) is 9.07. The molecule has 8 heteroatoms. The summed E-state index contributed by atoms with van der Waals surface area (Å²) in [5, 5.41) is 0.445. The smallest absolute Gasteiger partial charge is 0.264 e. The van der Waals surface area contributed by atoms with Crippen molar-refractivity contribution in [3.05, 3.63) is 46.2 Å². The number of sulfonamides is 1. The molecule has 0 unspecified atom stereocenters. The van der Waals surface area contributed by atoms with Gasteiger partial charge in [-0.1, -0.05) is 25.4 Å². The van der Waals surface area contributed by atoms with E-state index >= 15 is 0 Å². The van der Waals surface area contributed by atoms with Crippen molar-refractivity contribution in [2.24, 2.45) is 5.41 Å². The Kier molecular flexibility index (Phi) is 4.33. The first-order chi connectivity index (χ1) is 11.6. The molecule has 0 spiro atoms. The number of hydrogen-bond acceptors (Lipinski definition) is 5. The fourth-order valence-corrected chi connectivity index (χ4v) is 4.07. The van der Waals surface area contributed by atoms with Crippen molar-refractivity contribution < 1.29 is 13.2 Å². The highest BCUT2D eigenvalue weighted by Crippen LogP contribution is 2.35. The molecule has 1 N–H and O–H groups in total. The van der Waals surface area contributed by atoms with E-state index in [0.717, 1.165) is 0 Å². The van der Waals surface area contributed by atoms with E-state index in [-0.39, 0.29) is 22.0 Å². The molecule has 0 amide bonds. The maximum atomic E-state index is 12.5. The minimum Gasteiger partial charge on any atom is -0.294 e. The highest BCUT2D eigenvalue weighted by Gasteiger charge is 2.34. The number of nitrogens with one attached hydrogen (secondary N) is 1. The Morgan fingerprint density at radius 3 is 2.40 bits per heavy atom. The summed E-state index contributed by atoms with van der Waals surface area (Å²) in [6, 6.07) is 5.80. The number of carbonyl (C=O) groups excluding carboxylic acids is 1. The van der Waals surface area contributed by atoms with Crippen LogP contribution in [0.2, 0.25) is 5.02 Å². The molecule has 132 valence electrons. The van der Waals surface area contributed by atoms with Gasteiger partial charge < -0.3 is 0 Å². The lowest BCUT2D eigenvalue weighted by Crippen LogP contribution is -2.30. The van der Waals surface area contributed by atoms with Gasteiger partial charge in [-0.25, -0.2) is 23.1 Å². The molecule has 6 nitrogen and oxygen atoms in total. The molecule has 0 saturated heterocycles. The van der Waals surface area contributed by atoms with E-state index in [4.69, 9.17) is 11.6 Å². The summed E-state index contributed by atoms with van der Waals surface area (Å²) in [7, 11) is -3.83. The minimum absolute atomic E-state index is 0.00383. The van der Waals surface area contributed by atoms with Crippen LogP contribution in [-0.2, 0) is 16.4 Å². The number of aryl methyl sites for hydroxylation is 1. The van der Waals surface area contributed by atoms with Gasteiger partial charge >= 0.3 is 0 Å². The summed E-state index contributed by atoms with van der Waals surface area (Å²) in [6.07, 6.45) is 1.02. The maximum absolute atomic E-state index is 12.5. The van der Waals surface area contributed by atoms with Crippen molar-refractivity contribution in [2.75, 3.05) is 4.72 Å². The fourth-order valence-electron chi connectivity index (χ4n) is 3.00. The van der Waals surface area contributed by atoms with Crippen molar-refractivity contribution in [1.29, 1.82) is 0 Å². The number of rotatable bonds is 3. The van der Waals surface area contributed by atoms with Gasteiger partial charge in [0.05, 0.1) is 21.8 Å². The van der Waals surface area contributed by atoms with Crippen LogP contribution in [0.5, 0.6) is 0 Å².